The van der Waals surface area contributed by atoms with E-state index in [-0.39, 0.29) is 18.1 Å². The molecule has 1 saturated heterocycles. The van der Waals surface area contributed by atoms with E-state index in [4.69, 9.17) is 4.74 Å². The maximum atomic E-state index is 11.8. The Bertz CT molecular complexity index is 233. The summed E-state index contributed by atoms with van der Waals surface area (Å²) in [6.07, 6.45) is 4.07. The Hall–Kier alpha value is -0.420. The van der Waals surface area contributed by atoms with E-state index >= 15 is 0 Å². The SMILES string of the molecule is CC[C@H](CSC)NC(=O)N[C@@H](C)[C@@H]1CCOC1. The number of carbonyl (C=O) groups is 1. The van der Waals surface area contributed by atoms with E-state index in [0.29, 0.717) is 5.92 Å². The molecule has 2 N–H and O–H groups in total. The van der Waals surface area contributed by atoms with Crippen LogP contribution in [-0.2, 0) is 4.74 Å². The van der Waals surface area contributed by atoms with Crippen LogP contribution in [0, 0.1) is 5.92 Å². The summed E-state index contributed by atoms with van der Waals surface area (Å²) in [4.78, 5) is 11.8. The molecule has 1 rings (SSSR count). The highest BCUT2D eigenvalue weighted by Gasteiger charge is 2.23. The first kappa shape index (κ1) is 14.6. The minimum atomic E-state index is -0.0506. The van der Waals surface area contributed by atoms with Gasteiger partial charge < -0.3 is 15.4 Å². The van der Waals surface area contributed by atoms with E-state index < -0.39 is 0 Å². The molecule has 0 spiro atoms. The van der Waals surface area contributed by atoms with Gasteiger partial charge in [-0.3, -0.25) is 0 Å². The van der Waals surface area contributed by atoms with Crippen LogP contribution in [0.4, 0.5) is 4.79 Å². The molecule has 0 aromatic rings. The van der Waals surface area contributed by atoms with Crippen molar-refractivity contribution in [1.82, 2.24) is 10.6 Å². The lowest BCUT2D eigenvalue weighted by molar-refractivity contribution is 0.177. The largest absolute Gasteiger partial charge is 0.381 e. The number of hydrogen-bond acceptors (Lipinski definition) is 3. The summed E-state index contributed by atoms with van der Waals surface area (Å²) in [7, 11) is 0. The first-order valence-corrected chi connectivity index (χ1v) is 7.70. The number of ether oxygens (including phenoxy) is 1. The Morgan fingerprint density at radius 1 is 1.53 bits per heavy atom. The fraction of sp³-hybridized carbons (Fsp3) is 0.917. The van der Waals surface area contributed by atoms with E-state index in [1.165, 1.54) is 0 Å². The summed E-state index contributed by atoms with van der Waals surface area (Å²) in [5.74, 6) is 1.42. The Kier molecular flexibility index (Phi) is 6.73. The van der Waals surface area contributed by atoms with Crippen molar-refractivity contribution in [3.8, 4) is 0 Å². The number of hydrogen-bond donors (Lipinski definition) is 2. The third kappa shape index (κ3) is 5.17. The van der Waals surface area contributed by atoms with Gasteiger partial charge in [0.2, 0.25) is 0 Å². The van der Waals surface area contributed by atoms with E-state index in [1.54, 1.807) is 11.8 Å². The zero-order chi connectivity index (χ0) is 12.7. The summed E-state index contributed by atoms with van der Waals surface area (Å²) >= 11 is 1.76. The van der Waals surface area contributed by atoms with E-state index in [2.05, 4.69) is 30.7 Å². The zero-order valence-corrected chi connectivity index (χ0v) is 11.8. The Labute approximate surface area is 108 Å². The van der Waals surface area contributed by atoms with Crippen LogP contribution in [0.3, 0.4) is 0 Å². The molecule has 1 fully saturated rings. The average Bonchev–Trinajstić information content (AvgIpc) is 2.81. The van der Waals surface area contributed by atoms with Crippen molar-refractivity contribution in [3.05, 3.63) is 0 Å². The molecule has 1 aliphatic heterocycles. The van der Waals surface area contributed by atoms with Crippen LogP contribution < -0.4 is 10.6 Å². The Balaban J connectivity index is 2.27. The molecule has 0 aromatic carbocycles. The molecule has 0 aliphatic carbocycles. The summed E-state index contributed by atoms with van der Waals surface area (Å²) < 4.78 is 5.33. The van der Waals surface area contributed by atoms with Crippen LogP contribution in [-0.4, -0.2) is 43.3 Å². The number of rotatable bonds is 6. The van der Waals surface area contributed by atoms with Gasteiger partial charge in [-0.15, -0.1) is 0 Å². The molecular formula is C12H24N2O2S. The van der Waals surface area contributed by atoms with Gasteiger partial charge in [-0.05, 0) is 26.0 Å². The Morgan fingerprint density at radius 2 is 2.29 bits per heavy atom. The van der Waals surface area contributed by atoms with E-state index in [1.807, 2.05) is 0 Å². The molecule has 4 nitrogen and oxygen atoms in total. The summed E-state index contributed by atoms with van der Waals surface area (Å²) in [6.45, 7) is 5.73. The van der Waals surface area contributed by atoms with Crippen molar-refractivity contribution in [1.29, 1.82) is 0 Å². The number of amides is 2. The molecule has 5 heteroatoms. The van der Waals surface area contributed by atoms with Crippen molar-refractivity contribution < 1.29 is 9.53 Å². The maximum absolute atomic E-state index is 11.8. The van der Waals surface area contributed by atoms with Gasteiger partial charge in [-0.1, -0.05) is 6.92 Å². The molecule has 2 amide bonds. The van der Waals surface area contributed by atoms with Crippen molar-refractivity contribution in [2.45, 2.75) is 38.8 Å². The van der Waals surface area contributed by atoms with Gasteiger partial charge >= 0.3 is 6.03 Å². The second kappa shape index (κ2) is 7.82. The van der Waals surface area contributed by atoms with Gasteiger partial charge in [0.25, 0.3) is 0 Å². The first-order chi connectivity index (χ1) is 8.17. The lowest BCUT2D eigenvalue weighted by Crippen LogP contribution is -2.48. The fourth-order valence-corrected chi connectivity index (χ4v) is 2.68. The molecule has 100 valence electrons. The molecule has 0 saturated carbocycles. The standard InChI is InChI=1S/C12H24N2O2S/c1-4-11(8-17-3)14-12(15)13-9(2)10-5-6-16-7-10/h9-11H,4-8H2,1-3H3,(H2,13,14,15)/t9-,10+,11+/m0/s1. The van der Waals surface area contributed by atoms with Crippen LogP contribution in [0.1, 0.15) is 26.7 Å². The summed E-state index contributed by atoms with van der Waals surface area (Å²) in [5.41, 5.74) is 0. The van der Waals surface area contributed by atoms with Crippen LogP contribution in [0.25, 0.3) is 0 Å². The summed E-state index contributed by atoms with van der Waals surface area (Å²) in [6, 6.07) is 0.395. The number of nitrogens with one attached hydrogen (secondary N) is 2. The molecule has 1 heterocycles. The Morgan fingerprint density at radius 3 is 2.82 bits per heavy atom. The number of urea groups is 1. The molecule has 1 aliphatic rings. The molecule has 0 radical (unpaired) electrons. The van der Waals surface area contributed by atoms with Gasteiger partial charge in [-0.25, -0.2) is 4.79 Å². The summed E-state index contributed by atoms with van der Waals surface area (Å²) in [5, 5.41) is 6.02. The van der Waals surface area contributed by atoms with E-state index in [0.717, 1.165) is 31.8 Å². The smallest absolute Gasteiger partial charge is 0.315 e. The van der Waals surface area contributed by atoms with Gasteiger partial charge in [0.1, 0.15) is 0 Å². The molecular weight excluding hydrogens is 236 g/mol. The molecule has 3 atom stereocenters. The normalized spacial score (nSPS) is 23.1. The van der Waals surface area contributed by atoms with Crippen LogP contribution >= 0.6 is 11.8 Å². The first-order valence-electron chi connectivity index (χ1n) is 6.31. The third-order valence-electron chi connectivity index (χ3n) is 3.23. The van der Waals surface area contributed by atoms with Crippen molar-refractivity contribution in [2.24, 2.45) is 5.92 Å². The van der Waals surface area contributed by atoms with Gasteiger partial charge in [0.15, 0.2) is 0 Å². The van der Waals surface area contributed by atoms with E-state index in [9.17, 15) is 4.79 Å². The predicted molar refractivity (Wildman–Crippen MR) is 72.5 cm³/mol. The molecule has 0 unspecified atom stereocenters. The van der Waals surface area contributed by atoms with Gasteiger partial charge in [-0.2, -0.15) is 11.8 Å². The van der Waals surface area contributed by atoms with Gasteiger partial charge in [0, 0.05) is 30.4 Å². The number of thioether (sulfide) groups is 1. The van der Waals surface area contributed by atoms with Crippen molar-refractivity contribution >= 4 is 17.8 Å². The van der Waals surface area contributed by atoms with Crippen molar-refractivity contribution in [3.63, 3.8) is 0 Å². The highest BCUT2D eigenvalue weighted by molar-refractivity contribution is 7.98. The molecule has 17 heavy (non-hydrogen) atoms. The lowest BCUT2D eigenvalue weighted by Gasteiger charge is -2.22. The highest BCUT2D eigenvalue weighted by atomic mass is 32.2. The minimum Gasteiger partial charge on any atom is -0.381 e. The minimum absolute atomic E-state index is 0.0506. The zero-order valence-electron chi connectivity index (χ0n) is 11.0. The average molecular weight is 260 g/mol. The van der Waals surface area contributed by atoms with Gasteiger partial charge in [0.05, 0.1) is 6.61 Å². The second-order valence-corrected chi connectivity index (χ2v) is 5.50. The fourth-order valence-electron chi connectivity index (χ4n) is 1.96. The van der Waals surface area contributed by atoms with Crippen LogP contribution in [0.2, 0.25) is 0 Å². The van der Waals surface area contributed by atoms with Crippen molar-refractivity contribution in [2.75, 3.05) is 25.2 Å². The number of carbonyl (C=O) groups excluding carboxylic acids is 1. The predicted octanol–water partition coefficient (Wildman–Crippen LogP) is 1.85. The monoisotopic (exact) mass is 260 g/mol. The maximum Gasteiger partial charge on any atom is 0.315 e. The second-order valence-electron chi connectivity index (χ2n) is 4.59. The van der Waals surface area contributed by atoms with Crippen LogP contribution in [0.5, 0.6) is 0 Å². The van der Waals surface area contributed by atoms with Crippen LogP contribution in [0.15, 0.2) is 0 Å². The third-order valence-corrected chi connectivity index (χ3v) is 3.96. The lowest BCUT2D eigenvalue weighted by atomic mass is 10.0. The molecule has 0 aromatic heterocycles. The molecule has 0 bridgehead atoms. The topological polar surface area (TPSA) is 50.4 Å². The highest BCUT2D eigenvalue weighted by Crippen LogP contribution is 2.16. The quantitative estimate of drug-likeness (QED) is 0.766.